The van der Waals surface area contributed by atoms with E-state index in [1.54, 1.807) is 7.11 Å². The highest BCUT2D eigenvalue weighted by molar-refractivity contribution is 5.62. The third-order valence-electron chi connectivity index (χ3n) is 3.42. The van der Waals surface area contributed by atoms with Crippen molar-refractivity contribution in [3.8, 4) is 11.3 Å². The van der Waals surface area contributed by atoms with Crippen molar-refractivity contribution in [1.82, 2.24) is 10.3 Å². The van der Waals surface area contributed by atoms with Gasteiger partial charge in [0.2, 0.25) is 0 Å². The van der Waals surface area contributed by atoms with Crippen LogP contribution in [0.5, 0.6) is 0 Å². The number of methoxy groups -OCH3 is 1. The van der Waals surface area contributed by atoms with Gasteiger partial charge >= 0.3 is 0 Å². The summed E-state index contributed by atoms with van der Waals surface area (Å²) in [7, 11) is 1.70. The number of nitrogens with one attached hydrogen (secondary N) is 1. The van der Waals surface area contributed by atoms with Crippen molar-refractivity contribution in [2.45, 2.75) is 20.3 Å². The molecular weight excluding hydrogens is 252 g/mol. The predicted octanol–water partition coefficient (Wildman–Crippen LogP) is 2.74. The van der Waals surface area contributed by atoms with Gasteiger partial charge in [-0.2, -0.15) is 0 Å². The van der Waals surface area contributed by atoms with Crippen LogP contribution in [0.25, 0.3) is 11.3 Å². The number of aryl methyl sites for hydroxylation is 1. The van der Waals surface area contributed by atoms with Crippen molar-refractivity contribution in [2.24, 2.45) is 0 Å². The summed E-state index contributed by atoms with van der Waals surface area (Å²) in [6.45, 7) is 6.63. The fourth-order valence-corrected chi connectivity index (χ4v) is 2.06. The number of aromatic nitrogens is 1. The molecule has 0 aliphatic rings. The smallest absolute Gasteiger partial charge is 0.196 e. The lowest BCUT2D eigenvalue weighted by atomic mass is 10.0. The van der Waals surface area contributed by atoms with Crippen LogP contribution in [-0.2, 0) is 11.2 Å². The van der Waals surface area contributed by atoms with E-state index in [2.05, 4.69) is 36.3 Å². The van der Waals surface area contributed by atoms with Crippen molar-refractivity contribution in [3.63, 3.8) is 0 Å². The molecule has 0 saturated heterocycles. The van der Waals surface area contributed by atoms with E-state index in [1.807, 2.05) is 12.3 Å². The number of benzene rings is 1. The second-order valence-electron chi connectivity index (χ2n) is 4.86. The second-order valence-corrected chi connectivity index (χ2v) is 4.86. The van der Waals surface area contributed by atoms with Crippen LogP contribution in [0.2, 0.25) is 0 Å². The van der Waals surface area contributed by atoms with Crippen molar-refractivity contribution < 1.29 is 9.15 Å². The summed E-state index contributed by atoms with van der Waals surface area (Å²) in [6, 6.07) is 6.23. The molecule has 0 aliphatic carbocycles. The van der Waals surface area contributed by atoms with E-state index in [0.29, 0.717) is 0 Å². The van der Waals surface area contributed by atoms with E-state index in [-0.39, 0.29) is 0 Å². The Morgan fingerprint density at radius 2 is 2.10 bits per heavy atom. The summed E-state index contributed by atoms with van der Waals surface area (Å²) in [5.74, 6) is 1.61. The molecule has 1 aromatic heterocycles. The molecule has 4 heteroatoms. The predicted molar refractivity (Wildman–Crippen MR) is 79.9 cm³/mol. The van der Waals surface area contributed by atoms with E-state index in [4.69, 9.17) is 9.15 Å². The monoisotopic (exact) mass is 274 g/mol. The first-order valence-electron chi connectivity index (χ1n) is 6.93. The Labute approximate surface area is 120 Å². The summed E-state index contributed by atoms with van der Waals surface area (Å²) in [5.41, 5.74) is 3.63. The highest BCUT2D eigenvalue weighted by Crippen LogP contribution is 2.26. The van der Waals surface area contributed by atoms with Crippen molar-refractivity contribution in [3.05, 3.63) is 41.4 Å². The van der Waals surface area contributed by atoms with Crippen molar-refractivity contribution in [2.75, 3.05) is 26.8 Å². The van der Waals surface area contributed by atoms with Gasteiger partial charge in [-0.3, -0.25) is 0 Å². The molecule has 20 heavy (non-hydrogen) atoms. The van der Waals surface area contributed by atoms with Gasteiger partial charge < -0.3 is 14.5 Å². The Balaban J connectivity index is 1.97. The first-order valence-corrected chi connectivity index (χ1v) is 6.93. The van der Waals surface area contributed by atoms with Crippen LogP contribution in [0.3, 0.4) is 0 Å². The zero-order valence-corrected chi connectivity index (χ0v) is 12.4. The lowest BCUT2D eigenvalue weighted by Crippen LogP contribution is -2.21. The molecule has 4 nitrogen and oxygen atoms in total. The minimum atomic E-state index is 0.722. The quantitative estimate of drug-likeness (QED) is 0.789. The standard InChI is InChI=1S/C16H22N2O2/c1-12-5-4-6-14(13(12)2)15-11-18-16(20-15)7-8-17-9-10-19-3/h4-6,11,17H,7-10H2,1-3H3. The minimum absolute atomic E-state index is 0.722. The summed E-state index contributed by atoms with van der Waals surface area (Å²) in [5, 5.41) is 3.28. The van der Waals surface area contributed by atoms with Gasteiger partial charge in [0.25, 0.3) is 0 Å². The van der Waals surface area contributed by atoms with Gasteiger partial charge in [0.1, 0.15) is 0 Å². The van der Waals surface area contributed by atoms with Gasteiger partial charge in [-0.25, -0.2) is 4.98 Å². The Bertz CT molecular complexity index is 549. The third-order valence-corrected chi connectivity index (χ3v) is 3.42. The molecule has 1 heterocycles. The molecule has 1 N–H and O–H groups in total. The van der Waals surface area contributed by atoms with Crippen LogP contribution >= 0.6 is 0 Å². The van der Waals surface area contributed by atoms with Gasteiger partial charge in [-0.1, -0.05) is 18.2 Å². The molecule has 0 fully saturated rings. The maximum absolute atomic E-state index is 5.83. The summed E-state index contributed by atoms with van der Waals surface area (Å²) in [6.07, 6.45) is 2.60. The highest BCUT2D eigenvalue weighted by atomic mass is 16.5. The Morgan fingerprint density at radius 3 is 2.90 bits per heavy atom. The average Bonchev–Trinajstić information content (AvgIpc) is 2.90. The second kappa shape index (κ2) is 7.22. The fraction of sp³-hybridized carbons (Fsp3) is 0.438. The summed E-state index contributed by atoms with van der Waals surface area (Å²) < 4.78 is 10.8. The first-order chi connectivity index (χ1) is 9.72. The maximum Gasteiger partial charge on any atom is 0.196 e. The van der Waals surface area contributed by atoms with Crippen LogP contribution in [0.4, 0.5) is 0 Å². The normalized spacial score (nSPS) is 10.9. The van der Waals surface area contributed by atoms with Crippen molar-refractivity contribution >= 4 is 0 Å². The zero-order chi connectivity index (χ0) is 14.4. The Hall–Kier alpha value is -1.65. The van der Waals surface area contributed by atoms with Gasteiger partial charge in [-0.15, -0.1) is 0 Å². The number of hydrogen-bond acceptors (Lipinski definition) is 4. The molecule has 0 bridgehead atoms. The van der Waals surface area contributed by atoms with E-state index < -0.39 is 0 Å². The van der Waals surface area contributed by atoms with Gasteiger partial charge in [0.05, 0.1) is 12.8 Å². The van der Waals surface area contributed by atoms with E-state index >= 15 is 0 Å². The van der Waals surface area contributed by atoms with E-state index in [1.165, 1.54) is 11.1 Å². The van der Waals surface area contributed by atoms with Crippen LogP contribution in [0, 0.1) is 13.8 Å². The van der Waals surface area contributed by atoms with Crippen LogP contribution < -0.4 is 5.32 Å². The number of hydrogen-bond donors (Lipinski definition) is 1. The lowest BCUT2D eigenvalue weighted by Gasteiger charge is -2.05. The van der Waals surface area contributed by atoms with E-state index in [9.17, 15) is 0 Å². The zero-order valence-electron chi connectivity index (χ0n) is 12.4. The molecular formula is C16H22N2O2. The van der Waals surface area contributed by atoms with Gasteiger partial charge in [-0.05, 0) is 25.0 Å². The molecule has 0 radical (unpaired) electrons. The number of nitrogens with zero attached hydrogens (tertiary/aromatic N) is 1. The molecule has 0 saturated carbocycles. The van der Waals surface area contributed by atoms with E-state index in [0.717, 1.165) is 43.3 Å². The average molecular weight is 274 g/mol. The minimum Gasteiger partial charge on any atom is -0.441 e. The molecule has 0 amide bonds. The fourth-order valence-electron chi connectivity index (χ4n) is 2.06. The summed E-state index contributed by atoms with van der Waals surface area (Å²) >= 11 is 0. The van der Waals surface area contributed by atoms with Crippen LogP contribution in [0.1, 0.15) is 17.0 Å². The maximum atomic E-state index is 5.83. The van der Waals surface area contributed by atoms with Gasteiger partial charge in [0.15, 0.2) is 11.7 Å². The SMILES string of the molecule is COCCNCCc1ncc(-c2cccc(C)c2C)o1. The molecule has 2 rings (SSSR count). The molecule has 0 spiro atoms. The number of rotatable bonds is 7. The lowest BCUT2D eigenvalue weighted by molar-refractivity contribution is 0.199. The molecule has 108 valence electrons. The van der Waals surface area contributed by atoms with Crippen LogP contribution in [0.15, 0.2) is 28.8 Å². The third kappa shape index (κ3) is 3.68. The molecule has 0 unspecified atom stereocenters. The van der Waals surface area contributed by atoms with Crippen molar-refractivity contribution in [1.29, 1.82) is 0 Å². The largest absolute Gasteiger partial charge is 0.441 e. The number of ether oxygens (including phenoxy) is 1. The molecule has 2 aromatic rings. The highest BCUT2D eigenvalue weighted by Gasteiger charge is 2.09. The summed E-state index contributed by atoms with van der Waals surface area (Å²) in [4.78, 5) is 4.34. The topological polar surface area (TPSA) is 47.3 Å². The molecule has 0 atom stereocenters. The Morgan fingerprint density at radius 1 is 1.25 bits per heavy atom. The van der Waals surface area contributed by atoms with Gasteiger partial charge in [0, 0.05) is 32.2 Å². The molecule has 0 aliphatic heterocycles. The van der Waals surface area contributed by atoms with Crippen LogP contribution in [-0.4, -0.2) is 31.8 Å². The Kier molecular flexibility index (Phi) is 5.32. The first kappa shape index (κ1) is 14.8. The molecule has 1 aromatic carbocycles. The number of oxazole rings is 1.